The molecule has 0 amide bonds. The molecule has 0 fully saturated rings. The standard InChI is InChI=1S/C24H30N2O3/c1-5-9-22(26)17(2)10-6-7-12-20(27)13-8-11-19-14-15-23(29-4)21(16-19)24(28)18(3)25/h5,8-9,11,14-16,25-26H,2,6-7,10,12-13H2,1,3-4H3/b9-5+,11-8+,25-18?,26-22?. The van der Waals surface area contributed by atoms with E-state index in [1.807, 2.05) is 13.0 Å². The summed E-state index contributed by atoms with van der Waals surface area (Å²) >= 11 is 0. The van der Waals surface area contributed by atoms with E-state index >= 15 is 0 Å². The molecule has 0 radical (unpaired) electrons. The van der Waals surface area contributed by atoms with Crippen molar-refractivity contribution in [3.05, 3.63) is 59.7 Å². The number of ether oxygens (including phenoxy) is 1. The number of allylic oxidation sites excluding steroid dienone is 4. The first-order chi connectivity index (χ1) is 13.8. The molecule has 5 nitrogen and oxygen atoms in total. The van der Waals surface area contributed by atoms with Gasteiger partial charge in [-0.2, -0.15) is 0 Å². The third kappa shape index (κ3) is 8.21. The van der Waals surface area contributed by atoms with Gasteiger partial charge in [-0.3, -0.25) is 9.59 Å². The fourth-order valence-corrected chi connectivity index (χ4v) is 2.72. The van der Waals surface area contributed by atoms with Gasteiger partial charge in [0.15, 0.2) is 0 Å². The van der Waals surface area contributed by atoms with Gasteiger partial charge in [-0.25, -0.2) is 0 Å². The van der Waals surface area contributed by atoms with Crippen LogP contribution in [0.1, 0.15) is 61.9 Å². The van der Waals surface area contributed by atoms with Gasteiger partial charge in [-0.05, 0) is 62.5 Å². The number of rotatable bonds is 13. The van der Waals surface area contributed by atoms with Crippen LogP contribution in [0.3, 0.4) is 0 Å². The van der Waals surface area contributed by atoms with Crippen molar-refractivity contribution < 1.29 is 14.3 Å². The van der Waals surface area contributed by atoms with Gasteiger partial charge in [0.2, 0.25) is 5.78 Å². The first-order valence-electron chi connectivity index (χ1n) is 9.65. The maximum atomic E-state index is 12.1. The zero-order valence-corrected chi connectivity index (χ0v) is 17.5. The molecular formula is C24H30N2O3. The minimum Gasteiger partial charge on any atom is -0.496 e. The number of hydrogen-bond donors (Lipinski definition) is 2. The van der Waals surface area contributed by atoms with Crippen molar-refractivity contribution in [2.45, 2.75) is 46.0 Å². The second kappa shape index (κ2) is 12.4. The maximum Gasteiger partial charge on any atom is 0.209 e. The smallest absolute Gasteiger partial charge is 0.209 e. The molecule has 0 saturated heterocycles. The molecule has 2 N–H and O–H groups in total. The van der Waals surface area contributed by atoms with Crippen molar-refractivity contribution in [2.75, 3.05) is 7.11 Å². The zero-order valence-electron chi connectivity index (χ0n) is 17.5. The van der Waals surface area contributed by atoms with Crippen LogP contribution >= 0.6 is 0 Å². The van der Waals surface area contributed by atoms with E-state index in [1.165, 1.54) is 14.0 Å². The number of ketones is 2. The lowest BCUT2D eigenvalue weighted by Gasteiger charge is -2.08. The van der Waals surface area contributed by atoms with Crippen LogP contribution in [0, 0.1) is 10.8 Å². The van der Waals surface area contributed by atoms with Crippen LogP contribution < -0.4 is 4.74 Å². The molecule has 0 atom stereocenters. The van der Waals surface area contributed by atoms with Crippen LogP contribution in [0.5, 0.6) is 5.75 Å². The molecule has 0 aliphatic carbocycles. The average Bonchev–Trinajstić information content (AvgIpc) is 2.70. The van der Waals surface area contributed by atoms with E-state index < -0.39 is 0 Å². The highest BCUT2D eigenvalue weighted by molar-refractivity contribution is 6.44. The molecule has 0 aliphatic heterocycles. The summed E-state index contributed by atoms with van der Waals surface area (Å²) in [6, 6.07) is 5.17. The summed E-state index contributed by atoms with van der Waals surface area (Å²) in [6.07, 6.45) is 10.3. The summed E-state index contributed by atoms with van der Waals surface area (Å²) in [7, 11) is 1.48. The van der Waals surface area contributed by atoms with Gasteiger partial charge in [0.1, 0.15) is 11.5 Å². The Hall–Kier alpha value is -3.08. The topological polar surface area (TPSA) is 91.1 Å². The Bertz CT molecular complexity index is 848. The Morgan fingerprint density at radius 1 is 1.17 bits per heavy atom. The van der Waals surface area contributed by atoms with Crippen molar-refractivity contribution in [1.82, 2.24) is 0 Å². The summed E-state index contributed by atoms with van der Waals surface area (Å²) in [6.45, 7) is 7.21. The predicted molar refractivity (Wildman–Crippen MR) is 120 cm³/mol. The number of methoxy groups -OCH3 is 1. The minimum absolute atomic E-state index is 0.0526. The number of unbranched alkanes of at least 4 members (excludes halogenated alkanes) is 1. The molecule has 154 valence electrons. The van der Waals surface area contributed by atoms with Crippen molar-refractivity contribution in [3.8, 4) is 5.75 Å². The van der Waals surface area contributed by atoms with E-state index in [-0.39, 0.29) is 17.3 Å². The van der Waals surface area contributed by atoms with Gasteiger partial charge < -0.3 is 15.6 Å². The van der Waals surface area contributed by atoms with E-state index in [4.69, 9.17) is 15.6 Å². The summed E-state index contributed by atoms with van der Waals surface area (Å²) < 4.78 is 5.20. The van der Waals surface area contributed by atoms with E-state index in [0.29, 0.717) is 29.9 Å². The van der Waals surface area contributed by atoms with Crippen molar-refractivity contribution in [3.63, 3.8) is 0 Å². The minimum atomic E-state index is -0.378. The second-order valence-electron chi connectivity index (χ2n) is 6.78. The molecule has 0 saturated carbocycles. The highest BCUT2D eigenvalue weighted by atomic mass is 16.5. The van der Waals surface area contributed by atoms with Crippen LogP contribution in [-0.2, 0) is 4.79 Å². The summed E-state index contributed by atoms with van der Waals surface area (Å²) in [5.41, 5.74) is 2.31. The summed E-state index contributed by atoms with van der Waals surface area (Å²) in [4.78, 5) is 24.2. The molecular weight excluding hydrogens is 364 g/mol. The first kappa shape index (κ1) is 24.0. The van der Waals surface area contributed by atoms with Crippen LogP contribution in [0.15, 0.2) is 48.6 Å². The molecule has 0 unspecified atom stereocenters. The molecule has 29 heavy (non-hydrogen) atoms. The van der Waals surface area contributed by atoms with Crippen molar-refractivity contribution >= 4 is 29.1 Å². The van der Waals surface area contributed by atoms with E-state index in [0.717, 1.165) is 30.4 Å². The predicted octanol–water partition coefficient (Wildman–Crippen LogP) is 5.60. The highest BCUT2D eigenvalue weighted by Gasteiger charge is 2.14. The lowest BCUT2D eigenvalue weighted by molar-refractivity contribution is -0.118. The number of carbonyl (C=O) groups excluding carboxylic acids is 2. The van der Waals surface area contributed by atoms with E-state index in [2.05, 4.69) is 6.58 Å². The molecule has 1 aromatic carbocycles. The van der Waals surface area contributed by atoms with Crippen LogP contribution in [-0.4, -0.2) is 30.1 Å². The van der Waals surface area contributed by atoms with Gasteiger partial charge in [0.05, 0.1) is 24.1 Å². The van der Waals surface area contributed by atoms with Crippen LogP contribution in [0.4, 0.5) is 0 Å². The molecule has 0 aliphatic rings. The fraction of sp³-hybridized carbons (Fsp3) is 0.333. The monoisotopic (exact) mass is 394 g/mol. The fourth-order valence-electron chi connectivity index (χ4n) is 2.72. The third-order valence-corrected chi connectivity index (χ3v) is 4.36. The molecule has 5 heteroatoms. The average molecular weight is 395 g/mol. The largest absolute Gasteiger partial charge is 0.496 e. The number of carbonyl (C=O) groups is 2. The highest BCUT2D eigenvalue weighted by Crippen LogP contribution is 2.22. The Balaban J connectivity index is 2.52. The molecule has 0 bridgehead atoms. The lowest BCUT2D eigenvalue weighted by atomic mass is 10.0. The van der Waals surface area contributed by atoms with E-state index in [9.17, 15) is 9.59 Å². The van der Waals surface area contributed by atoms with Crippen LogP contribution in [0.2, 0.25) is 0 Å². The Morgan fingerprint density at radius 2 is 1.86 bits per heavy atom. The summed E-state index contributed by atoms with van der Waals surface area (Å²) in [5.74, 6) is 0.201. The molecule has 0 heterocycles. The number of hydrogen-bond acceptors (Lipinski definition) is 5. The van der Waals surface area contributed by atoms with Crippen LogP contribution in [0.25, 0.3) is 6.08 Å². The number of Topliss-reactive ketones (excluding diaryl/α,β-unsaturated/α-hetero) is 2. The first-order valence-corrected chi connectivity index (χ1v) is 9.65. The van der Waals surface area contributed by atoms with Gasteiger partial charge in [-0.1, -0.05) is 30.9 Å². The van der Waals surface area contributed by atoms with Gasteiger partial charge in [0.25, 0.3) is 0 Å². The van der Waals surface area contributed by atoms with E-state index in [1.54, 1.807) is 36.4 Å². The van der Waals surface area contributed by atoms with Crippen molar-refractivity contribution in [1.29, 1.82) is 10.8 Å². The number of benzene rings is 1. The van der Waals surface area contributed by atoms with Crippen molar-refractivity contribution in [2.24, 2.45) is 0 Å². The SMILES string of the molecule is C=C(CCCCC(=O)C/C=C/c1ccc(OC)c(C(=O)C(C)=N)c1)C(=N)/C=C/C. The Kier molecular flexibility index (Phi) is 10.2. The lowest BCUT2D eigenvalue weighted by Crippen LogP contribution is -2.10. The van der Waals surface area contributed by atoms with Gasteiger partial charge >= 0.3 is 0 Å². The maximum absolute atomic E-state index is 12.1. The quantitative estimate of drug-likeness (QED) is 0.259. The Morgan fingerprint density at radius 3 is 2.48 bits per heavy atom. The second-order valence-corrected chi connectivity index (χ2v) is 6.78. The van der Waals surface area contributed by atoms with Gasteiger partial charge in [0, 0.05) is 12.8 Å². The number of nitrogens with one attached hydrogen (secondary N) is 2. The Labute approximate surface area is 173 Å². The zero-order chi connectivity index (χ0) is 21.8. The normalized spacial score (nSPS) is 11.0. The molecule has 1 rings (SSSR count). The summed E-state index contributed by atoms with van der Waals surface area (Å²) in [5, 5.41) is 15.3. The third-order valence-electron chi connectivity index (χ3n) is 4.36. The molecule has 1 aromatic rings. The van der Waals surface area contributed by atoms with Gasteiger partial charge in [-0.15, -0.1) is 0 Å². The molecule has 0 aromatic heterocycles. The molecule has 0 spiro atoms.